The topological polar surface area (TPSA) is 110 Å². The molecule has 1 aliphatic rings. The van der Waals surface area contributed by atoms with Gasteiger partial charge < -0.3 is 15.2 Å². The lowest BCUT2D eigenvalue weighted by Gasteiger charge is -2.29. The molecule has 13 heteroatoms. The van der Waals surface area contributed by atoms with Gasteiger partial charge in [-0.3, -0.25) is 0 Å². The lowest BCUT2D eigenvalue weighted by molar-refractivity contribution is -0.137. The van der Waals surface area contributed by atoms with E-state index in [4.69, 9.17) is 4.74 Å². The molecule has 216 valence electrons. The third kappa shape index (κ3) is 6.21. The quantitative estimate of drug-likeness (QED) is 0.298. The minimum Gasteiger partial charge on any atom is -0.456 e. The largest absolute Gasteiger partial charge is 0.456 e. The summed E-state index contributed by atoms with van der Waals surface area (Å²) >= 11 is 0. The van der Waals surface area contributed by atoms with E-state index in [1.807, 2.05) is 6.92 Å². The second-order valence-electron chi connectivity index (χ2n) is 9.65. The summed E-state index contributed by atoms with van der Waals surface area (Å²) in [5.74, 6) is 0.626. The molecule has 1 aliphatic heterocycles. The molecule has 1 aromatic heterocycles. The van der Waals surface area contributed by atoms with E-state index in [0.717, 1.165) is 12.1 Å². The summed E-state index contributed by atoms with van der Waals surface area (Å²) in [6.45, 7) is 1.53. The standard InChI is InChI=1S/C28H28F3N5O4S/c1-2-22(18-37)32-24-10-6-12-26-27(24)41(38,39)36(15-20-8-3-4-11-25(20)40-26)17-23-16-35(34-33-23)14-19-7-5-9-21(13-19)28(29,30)31/h3-13,16,22,32,37H,2,14-15,17-18H2,1H3. The van der Waals surface area contributed by atoms with Crippen molar-refractivity contribution in [2.75, 3.05) is 11.9 Å². The molecule has 5 rings (SSSR count). The van der Waals surface area contributed by atoms with Crippen molar-refractivity contribution in [3.63, 3.8) is 0 Å². The van der Waals surface area contributed by atoms with E-state index in [9.17, 15) is 26.7 Å². The Morgan fingerprint density at radius 2 is 1.80 bits per heavy atom. The van der Waals surface area contributed by atoms with Gasteiger partial charge in [0.25, 0.3) is 0 Å². The fourth-order valence-corrected chi connectivity index (χ4v) is 6.21. The summed E-state index contributed by atoms with van der Waals surface area (Å²) in [7, 11) is -4.19. The minimum atomic E-state index is -4.47. The Labute approximate surface area is 235 Å². The molecule has 0 saturated heterocycles. The van der Waals surface area contributed by atoms with Gasteiger partial charge in [-0.1, -0.05) is 48.5 Å². The van der Waals surface area contributed by atoms with Crippen LogP contribution in [0.3, 0.4) is 0 Å². The van der Waals surface area contributed by atoms with Crippen LogP contribution in [0.5, 0.6) is 11.5 Å². The van der Waals surface area contributed by atoms with Gasteiger partial charge in [0.2, 0.25) is 10.0 Å². The number of fused-ring (bicyclic) bond motifs is 2. The molecule has 0 bridgehead atoms. The van der Waals surface area contributed by atoms with Crippen LogP contribution in [0, 0.1) is 0 Å². The summed E-state index contributed by atoms with van der Waals surface area (Å²) in [5.41, 5.74) is 0.852. The normalized spacial score (nSPS) is 15.6. The molecule has 0 saturated carbocycles. The maximum atomic E-state index is 14.2. The number of nitrogens with one attached hydrogen (secondary N) is 1. The maximum Gasteiger partial charge on any atom is 0.416 e. The van der Waals surface area contributed by atoms with E-state index >= 15 is 0 Å². The van der Waals surface area contributed by atoms with Crippen LogP contribution in [0.4, 0.5) is 18.9 Å². The van der Waals surface area contributed by atoms with Crippen LogP contribution >= 0.6 is 0 Å². The Hall–Kier alpha value is -3.94. The Kier molecular flexibility index (Phi) is 8.02. The average Bonchev–Trinajstić information content (AvgIpc) is 3.38. The van der Waals surface area contributed by atoms with Gasteiger partial charge >= 0.3 is 6.18 Å². The Balaban J connectivity index is 1.49. The monoisotopic (exact) mass is 587 g/mol. The number of alkyl halides is 3. The van der Waals surface area contributed by atoms with Gasteiger partial charge in [0.1, 0.15) is 16.4 Å². The number of aliphatic hydroxyl groups is 1. The second kappa shape index (κ2) is 11.5. The van der Waals surface area contributed by atoms with Crippen molar-refractivity contribution >= 4 is 15.7 Å². The number of aliphatic hydroxyl groups excluding tert-OH is 1. The smallest absolute Gasteiger partial charge is 0.416 e. The van der Waals surface area contributed by atoms with Crippen LogP contribution in [0.15, 0.2) is 77.8 Å². The fraction of sp³-hybridized carbons (Fsp3) is 0.286. The van der Waals surface area contributed by atoms with Gasteiger partial charge in [0.05, 0.1) is 42.8 Å². The molecule has 2 N–H and O–H groups in total. The SMILES string of the molecule is CCC(CO)Nc1cccc2c1S(=O)(=O)N(Cc1cn(Cc3cccc(C(F)(F)F)c3)nn1)Cc1ccccc1O2. The number of benzene rings is 3. The van der Waals surface area contributed by atoms with Crippen molar-refractivity contribution in [3.8, 4) is 11.5 Å². The fourth-order valence-electron chi connectivity index (χ4n) is 4.57. The van der Waals surface area contributed by atoms with Crippen molar-refractivity contribution in [2.24, 2.45) is 0 Å². The third-order valence-electron chi connectivity index (χ3n) is 6.71. The van der Waals surface area contributed by atoms with Crippen molar-refractivity contribution < 1.29 is 31.4 Å². The number of nitrogens with zero attached hydrogens (tertiary/aromatic N) is 4. The van der Waals surface area contributed by atoms with E-state index in [-0.39, 0.29) is 42.9 Å². The molecule has 2 heterocycles. The highest BCUT2D eigenvalue weighted by atomic mass is 32.2. The van der Waals surface area contributed by atoms with E-state index < -0.39 is 21.8 Å². The van der Waals surface area contributed by atoms with Crippen molar-refractivity contribution in [3.05, 3.63) is 95.3 Å². The van der Waals surface area contributed by atoms with Crippen molar-refractivity contribution in [1.82, 2.24) is 19.3 Å². The van der Waals surface area contributed by atoms with Gasteiger partial charge in [0, 0.05) is 18.2 Å². The summed E-state index contributed by atoms with van der Waals surface area (Å²) in [6.07, 6.45) is -2.40. The van der Waals surface area contributed by atoms with Crippen LogP contribution in [0.2, 0.25) is 0 Å². The summed E-state index contributed by atoms with van der Waals surface area (Å²) in [6, 6.07) is 16.5. The molecule has 1 atom stereocenters. The molecule has 0 amide bonds. The van der Waals surface area contributed by atoms with Gasteiger partial charge in [-0.05, 0) is 42.3 Å². The van der Waals surface area contributed by atoms with E-state index in [1.54, 1.807) is 48.5 Å². The Bertz CT molecular complexity index is 1640. The lowest BCUT2D eigenvalue weighted by Crippen LogP contribution is -2.33. The highest BCUT2D eigenvalue weighted by Crippen LogP contribution is 2.41. The summed E-state index contributed by atoms with van der Waals surface area (Å²) in [5, 5.41) is 21.0. The van der Waals surface area contributed by atoms with Crippen molar-refractivity contribution in [1.29, 1.82) is 0 Å². The van der Waals surface area contributed by atoms with Gasteiger partial charge in [-0.2, -0.15) is 17.5 Å². The number of aromatic nitrogens is 3. The molecule has 41 heavy (non-hydrogen) atoms. The van der Waals surface area contributed by atoms with Gasteiger partial charge in [-0.15, -0.1) is 5.10 Å². The summed E-state index contributed by atoms with van der Waals surface area (Å²) in [4.78, 5) is -0.0715. The average molecular weight is 588 g/mol. The van der Waals surface area contributed by atoms with Crippen LogP contribution in [0.1, 0.15) is 35.7 Å². The zero-order valence-electron chi connectivity index (χ0n) is 22.0. The van der Waals surface area contributed by atoms with Crippen LogP contribution in [-0.4, -0.2) is 45.5 Å². The second-order valence-corrected chi connectivity index (χ2v) is 11.5. The first kappa shape index (κ1) is 28.6. The lowest BCUT2D eigenvalue weighted by atomic mass is 10.1. The van der Waals surface area contributed by atoms with Crippen LogP contribution < -0.4 is 10.1 Å². The maximum absolute atomic E-state index is 14.2. The number of anilines is 1. The highest BCUT2D eigenvalue weighted by Gasteiger charge is 2.35. The molecule has 0 aliphatic carbocycles. The molecule has 9 nitrogen and oxygen atoms in total. The first-order valence-corrected chi connectivity index (χ1v) is 14.3. The first-order chi connectivity index (χ1) is 19.6. The molecule has 3 aromatic carbocycles. The highest BCUT2D eigenvalue weighted by molar-refractivity contribution is 7.89. The van der Waals surface area contributed by atoms with E-state index in [0.29, 0.717) is 34.7 Å². The van der Waals surface area contributed by atoms with Gasteiger partial charge in [-0.25, -0.2) is 13.1 Å². The number of para-hydroxylation sites is 1. The predicted molar refractivity (Wildman–Crippen MR) is 145 cm³/mol. The minimum absolute atomic E-state index is 0.0238. The number of rotatable bonds is 8. The Morgan fingerprint density at radius 3 is 2.56 bits per heavy atom. The number of halogens is 3. The summed E-state index contributed by atoms with van der Waals surface area (Å²) < 4.78 is 76.5. The molecule has 1 unspecified atom stereocenters. The molecule has 0 spiro atoms. The zero-order valence-corrected chi connectivity index (χ0v) is 22.9. The van der Waals surface area contributed by atoms with E-state index in [2.05, 4.69) is 15.6 Å². The Morgan fingerprint density at radius 1 is 1.05 bits per heavy atom. The van der Waals surface area contributed by atoms with Crippen LogP contribution in [0.25, 0.3) is 0 Å². The number of hydrogen-bond acceptors (Lipinski definition) is 7. The van der Waals surface area contributed by atoms with Crippen molar-refractivity contribution in [2.45, 2.75) is 50.1 Å². The molecular weight excluding hydrogens is 559 g/mol. The number of ether oxygens (including phenoxy) is 1. The first-order valence-electron chi connectivity index (χ1n) is 12.9. The van der Waals surface area contributed by atoms with Crippen LogP contribution in [-0.2, 0) is 35.8 Å². The molecular formula is C28H28F3N5O4S. The van der Waals surface area contributed by atoms with E-state index in [1.165, 1.54) is 21.3 Å². The zero-order chi connectivity index (χ0) is 29.2. The molecule has 0 fully saturated rings. The predicted octanol–water partition coefficient (Wildman–Crippen LogP) is 5.02. The van der Waals surface area contributed by atoms with Gasteiger partial charge in [0.15, 0.2) is 0 Å². The third-order valence-corrected chi connectivity index (χ3v) is 8.59. The number of hydrogen-bond donors (Lipinski definition) is 2. The molecule has 0 radical (unpaired) electrons. The number of sulfonamides is 1. The molecule has 4 aromatic rings.